The molecular weight excluding hydrogens is 224 g/mol. The van der Waals surface area contributed by atoms with Gasteiger partial charge < -0.3 is 9.72 Å². The van der Waals surface area contributed by atoms with Crippen LogP contribution >= 0.6 is 0 Å². The van der Waals surface area contributed by atoms with Crippen LogP contribution in [0.1, 0.15) is 30.8 Å². The van der Waals surface area contributed by atoms with E-state index in [1.54, 1.807) is 0 Å². The summed E-state index contributed by atoms with van der Waals surface area (Å²) >= 11 is 0. The Labute approximate surface area is 106 Å². The van der Waals surface area contributed by atoms with E-state index in [2.05, 4.69) is 16.4 Å². The second-order valence-corrected chi connectivity index (χ2v) is 4.80. The molecule has 4 nitrogen and oxygen atoms in total. The van der Waals surface area contributed by atoms with Crippen LogP contribution in [-0.2, 0) is 6.42 Å². The summed E-state index contributed by atoms with van der Waals surface area (Å²) in [5, 5.41) is 12.6. The van der Waals surface area contributed by atoms with Crippen LogP contribution in [0, 0.1) is 11.3 Å². The van der Waals surface area contributed by atoms with E-state index in [0.717, 1.165) is 24.3 Å². The molecule has 2 aromatic heterocycles. The first-order chi connectivity index (χ1) is 8.88. The van der Waals surface area contributed by atoms with E-state index in [1.165, 1.54) is 19.3 Å². The Balaban J connectivity index is 1.94. The van der Waals surface area contributed by atoms with E-state index in [-0.39, 0.29) is 0 Å². The number of pyridine rings is 1. The monoisotopic (exact) mass is 240 g/mol. The molecule has 18 heavy (non-hydrogen) atoms. The first-order valence-corrected chi connectivity index (χ1v) is 6.48. The van der Waals surface area contributed by atoms with Gasteiger partial charge in [-0.15, -0.1) is 0 Å². The Morgan fingerprint density at radius 1 is 1.44 bits per heavy atom. The predicted molar refractivity (Wildman–Crippen MR) is 69.3 cm³/mol. The maximum absolute atomic E-state index is 9.11. The molecule has 1 saturated heterocycles. The summed E-state index contributed by atoms with van der Waals surface area (Å²) in [6.07, 6.45) is 6.63. The maximum Gasteiger partial charge on any atom is 0.166 e. The van der Waals surface area contributed by atoms with Crippen molar-refractivity contribution >= 4 is 5.52 Å². The number of nitriles is 1. The van der Waals surface area contributed by atoms with E-state index in [0.29, 0.717) is 11.7 Å². The van der Waals surface area contributed by atoms with Gasteiger partial charge in [0.05, 0.1) is 5.52 Å². The summed E-state index contributed by atoms with van der Waals surface area (Å²) in [7, 11) is 0. The topological polar surface area (TPSA) is 53.1 Å². The van der Waals surface area contributed by atoms with Crippen molar-refractivity contribution in [1.29, 1.82) is 5.26 Å². The van der Waals surface area contributed by atoms with Gasteiger partial charge in [-0.25, -0.2) is 4.98 Å². The molecule has 92 valence electrons. The standard InChI is InChI=1S/C14H16N4/c15-10-12-13-6-2-4-8-18(13)14(17-12)9-11-5-1-3-7-16-11/h2,4,6,8,11,16H,1,3,5,7,9H2. The zero-order chi connectivity index (χ0) is 12.4. The quantitative estimate of drug-likeness (QED) is 0.872. The highest BCUT2D eigenvalue weighted by atomic mass is 15.0. The molecule has 3 rings (SSSR count). The third kappa shape index (κ3) is 1.98. The number of fused-ring (bicyclic) bond motifs is 1. The summed E-state index contributed by atoms with van der Waals surface area (Å²) in [4.78, 5) is 4.46. The van der Waals surface area contributed by atoms with Crippen LogP contribution in [-0.4, -0.2) is 22.0 Å². The fourth-order valence-electron chi connectivity index (χ4n) is 2.65. The lowest BCUT2D eigenvalue weighted by Crippen LogP contribution is -2.36. The van der Waals surface area contributed by atoms with E-state index >= 15 is 0 Å². The number of piperidine rings is 1. The number of rotatable bonds is 2. The molecule has 1 fully saturated rings. The molecule has 0 saturated carbocycles. The van der Waals surface area contributed by atoms with Crippen LogP contribution in [0.15, 0.2) is 24.4 Å². The number of nitrogens with zero attached hydrogens (tertiary/aromatic N) is 3. The van der Waals surface area contributed by atoms with Gasteiger partial charge in [0.2, 0.25) is 0 Å². The number of imidazole rings is 1. The van der Waals surface area contributed by atoms with Gasteiger partial charge in [-0.1, -0.05) is 12.5 Å². The number of hydrogen-bond acceptors (Lipinski definition) is 3. The number of aromatic nitrogens is 2. The normalized spacial score (nSPS) is 19.8. The van der Waals surface area contributed by atoms with Crippen molar-refractivity contribution in [3.05, 3.63) is 35.9 Å². The minimum atomic E-state index is 0.496. The molecule has 0 aromatic carbocycles. The minimum absolute atomic E-state index is 0.496. The summed E-state index contributed by atoms with van der Waals surface area (Å²) < 4.78 is 2.04. The van der Waals surface area contributed by atoms with Crippen molar-refractivity contribution in [1.82, 2.24) is 14.7 Å². The van der Waals surface area contributed by atoms with Crippen molar-refractivity contribution < 1.29 is 0 Å². The third-order valence-corrected chi connectivity index (χ3v) is 3.57. The molecule has 1 aliphatic heterocycles. The Kier molecular flexibility index (Phi) is 2.99. The van der Waals surface area contributed by atoms with Gasteiger partial charge in [-0.2, -0.15) is 5.26 Å². The average molecular weight is 240 g/mol. The predicted octanol–water partition coefficient (Wildman–Crippen LogP) is 1.89. The molecule has 1 atom stereocenters. The first kappa shape index (κ1) is 11.2. The van der Waals surface area contributed by atoms with Gasteiger partial charge in [-0.05, 0) is 31.5 Å². The van der Waals surface area contributed by atoms with Crippen LogP contribution < -0.4 is 5.32 Å². The van der Waals surface area contributed by atoms with Crippen LogP contribution in [0.5, 0.6) is 0 Å². The second kappa shape index (κ2) is 4.79. The molecule has 0 bridgehead atoms. The summed E-state index contributed by atoms with van der Waals surface area (Å²) in [5.41, 5.74) is 1.44. The summed E-state index contributed by atoms with van der Waals surface area (Å²) in [6.45, 7) is 1.10. The SMILES string of the molecule is N#Cc1nc(CC2CCCCN2)n2ccccc12. The van der Waals surface area contributed by atoms with Crippen molar-refractivity contribution in [2.45, 2.75) is 31.7 Å². The van der Waals surface area contributed by atoms with E-state index in [1.807, 2.05) is 28.8 Å². The van der Waals surface area contributed by atoms with Gasteiger partial charge in [-0.3, -0.25) is 0 Å². The Hall–Kier alpha value is -1.86. The van der Waals surface area contributed by atoms with Crippen LogP contribution in [0.4, 0.5) is 0 Å². The van der Waals surface area contributed by atoms with Crippen LogP contribution in [0.2, 0.25) is 0 Å². The molecule has 4 heteroatoms. The van der Waals surface area contributed by atoms with Crippen molar-refractivity contribution in [2.75, 3.05) is 6.54 Å². The zero-order valence-electron chi connectivity index (χ0n) is 10.3. The largest absolute Gasteiger partial charge is 0.314 e. The fraction of sp³-hybridized carbons (Fsp3) is 0.429. The Bertz CT molecular complexity index is 587. The highest BCUT2D eigenvalue weighted by Gasteiger charge is 2.17. The Morgan fingerprint density at radius 3 is 3.17 bits per heavy atom. The second-order valence-electron chi connectivity index (χ2n) is 4.80. The molecule has 1 unspecified atom stereocenters. The van der Waals surface area contributed by atoms with Crippen LogP contribution in [0.3, 0.4) is 0 Å². The lowest BCUT2D eigenvalue weighted by Gasteiger charge is -2.22. The van der Waals surface area contributed by atoms with Gasteiger partial charge in [0.1, 0.15) is 11.9 Å². The van der Waals surface area contributed by atoms with E-state index in [4.69, 9.17) is 5.26 Å². The molecule has 0 radical (unpaired) electrons. The average Bonchev–Trinajstić information content (AvgIpc) is 2.78. The molecule has 1 aliphatic rings. The highest BCUT2D eigenvalue weighted by Crippen LogP contribution is 2.16. The highest BCUT2D eigenvalue weighted by molar-refractivity contribution is 5.58. The molecule has 0 amide bonds. The van der Waals surface area contributed by atoms with Gasteiger partial charge in [0.25, 0.3) is 0 Å². The van der Waals surface area contributed by atoms with E-state index in [9.17, 15) is 0 Å². The van der Waals surface area contributed by atoms with Gasteiger partial charge in [0.15, 0.2) is 5.69 Å². The molecule has 2 aromatic rings. The smallest absolute Gasteiger partial charge is 0.166 e. The maximum atomic E-state index is 9.11. The zero-order valence-corrected chi connectivity index (χ0v) is 10.3. The first-order valence-electron chi connectivity index (χ1n) is 6.48. The van der Waals surface area contributed by atoms with Crippen molar-refractivity contribution in [3.8, 4) is 6.07 Å². The molecule has 0 aliphatic carbocycles. The van der Waals surface area contributed by atoms with Gasteiger partial charge in [0, 0.05) is 18.7 Å². The molecule has 3 heterocycles. The summed E-state index contributed by atoms with van der Waals surface area (Å²) in [6, 6.07) is 8.54. The lowest BCUT2D eigenvalue weighted by atomic mass is 10.0. The lowest BCUT2D eigenvalue weighted by molar-refractivity contribution is 0.394. The van der Waals surface area contributed by atoms with Crippen molar-refractivity contribution in [3.63, 3.8) is 0 Å². The third-order valence-electron chi connectivity index (χ3n) is 3.57. The Morgan fingerprint density at radius 2 is 2.39 bits per heavy atom. The molecular formula is C14H16N4. The van der Waals surface area contributed by atoms with Crippen LogP contribution in [0.25, 0.3) is 5.52 Å². The van der Waals surface area contributed by atoms with Gasteiger partial charge >= 0.3 is 0 Å². The number of hydrogen-bond donors (Lipinski definition) is 1. The molecule has 1 N–H and O–H groups in total. The number of nitrogens with one attached hydrogen (secondary N) is 1. The van der Waals surface area contributed by atoms with E-state index < -0.39 is 0 Å². The van der Waals surface area contributed by atoms with Crippen molar-refractivity contribution in [2.24, 2.45) is 0 Å². The minimum Gasteiger partial charge on any atom is -0.314 e. The fourth-order valence-corrected chi connectivity index (χ4v) is 2.65. The molecule has 0 spiro atoms. The summed E-state index contributed by atoms with van der Waals surface area (Å²) in [5.74, 6) is 0.988.